The Kier molecular flexibility index (Phi) is 4.56. The van der Waals surface area contributed by atoms with E-state index < -0.39 is 0 Å². The van der Waals surface area contributed by atoms with E-state index in [1.807, 2.05) is 37.3 Å². The lowest BCUT2D eigenvalue weighted by molar-refractivity contribution is 0.101. The van der Waals surface area contributed by atoms with Crippen LogP contribution in [0.1, 0.15) is 28.7 Å². The van der Waals surface area contributed by atoms with E-state index in [1.165, 1.54) is 0 Å². The number of carbonyl (C=O) groups excluding carboxylic acids is 1. The van der Waals surface area contributed by atoms with Gasteiger partial charge < -0.3 is 15.1 Å². The van der Waals surface area contributed by atoms with Crippen molar-refractivity contribution in [1.82, 2.24) is 9.97 Å². The number of furan rings is 1. The molecule has 0 fully saturated rings. The van der Waals surface area contributed by atoms with Crippen LogP contribution in [-0.2, 0) is 6.54 Å². The van der Waals surface area contributed by atoms with Gasteiger partial charge in [0.15, 0.2) is 5.78 Å². The fraction of sp³-hybridized carbons (Fsp3) is 0.167. The number of anilines is 3. The molecule has 1 aromatic carbocycles. The van der Waals surface area contributed by atoms with Gasteiger partial charge in [0, 0.05) is 23.0 Å². The summed E-state index contributed by atoms with van der Waals surface area (Å²) in [5, 5.41) is 6.36. The number of Topliss-reactive ketones (excluding diaryl/α,β-unsaturated/α-hetero) is 1. The Morgan fingerprint density at radius 2 is 1.96 bits per heavy atom. The molecule has 0 unspecified atom stereocenters. The molecule has 122 valence electrons. The van der Waals surface area contributed by atoms with Gasteiger partial charge in [-0.3, -0.25) is 4.79 Å². The van der Waals surface area contributed by atoms with Crippen LogP contribution in [0.2, 0.25) is 0 Å². The number of aromatic nitrogens is 2. The molecule has 0 bridgehead atoms. The second-order valence-corrected chi connectivity index (χ2v) is 5.41. The van der Waals surface area contributed by atoms with Crippen LogP contribution < -0.4 is 10.6 Å². The predicted octanol–water partition coefficient (Wildman–Crippen LogP) is 3.94. The summed E-state index contributed by atoms with van der Waals surface area (Å²) in [7, 11) is 0. The molecule has 2 aromatic heterocycles. The van der Waals surface area contributed by atoms with Crippen molar-refractivity contribution in [1.29, 1.82) is 0 Å². The summed E-state index contributed by atoms with van der Waals surface area (Å²) in [6.07, 6.45) is 1.64. The average molecular weight is 322 g/mol. The molecule has 6 nitrogen and oxygen atoms in total. The highest BCUT2D eigenvalue weighted by Gasteiger charge is 2.05. The van der Waals surface area contributed by atoms with E-state index in [4.69, 9.17) is 4.42 Å². The van der Waals surface area contributed by atoms with Gasteiger partial charge in [-0.15, -0.1) is 0 Å². The van der Waals surface area contributed by atoms with Gasteiger partial charge in [-0.1, -0.05) is 0 Å². The molecule has 0 radical (unpaired) electrons. The molecule has 0 aliphatic carbocycles. The van der Waals surface area contributed by atoms with Crippen LogP contribution in [0.3, 0.4) is 0 Å². The topological polar surface area (TPSA) is 80.0 Å². The Bertz CT molecular complexity index is 827. The number of rotatable bonds is 6. The van der Waals surface area contributed by atoms with Crippen molar-refractivity contribution in [3.63, 3.8) is 0 Å². The molecular weight excluding hydrogens is 304 g/mol. The van der Waals surface area contributed by atoms with E-state index in [9.17, 15) is 4.79 Å². The molecular formula is C18H18N4O2. The minimum absolute atomic E-state index is 0.0396. The zero-order chi connectivity index (χ0) is 16.9. The average Bonchev–Trinajstić information content (AvgIpc) is 3.06. The van der Waals surface area contributed by atoms with Crippen molar-refractivity contribution in [3.05, 3.63) is 65.7 Å². The van der Waals surface area contributed by atoms with Gasteiger partial charge in [0.1, 0.15) is 11.6 Å². The molecule has 0 amide bonds. The molecule has 2 N–H and O–H groups in total. The van der Waals surface area contributed by atoms with Crippen molar-refractivity contribution in [3.8, 4) is 0 Å². The van der Waals surface area contributed by atoms with Gasteiger partial charge in [0.2, 0.25) is 5.95 Å². The summed E-state index contributed by atoms with van der Waals surface area (Å²) < 4.78 is 5.29. The highest BCUT2D eigenvalue weighted by atomic mass is 16.3. The number of carbonyl (C=O) groups is 1. The van der Waals surface area contributed by atoms with Crippen LogP contribution >= 0.6 is 0 Å². The Labute approximate surface area is 140 Å². The smallest absolute Gasteiger partial charge is 0.229 e. The highest BCUT2D eigenvalue weighted by Crippen LogP contribution is 2.17. The summed E-state index contributed by atoms with van der Waals surface area (Å²) in [6, 6.07) is 12.8. The first-order valence-electron chi connectivity index (χ1n) is 7.60. The fourth-order valence-electron chi connectivity index (χ4n) is 2.22. The van der Waals surface area contributed by atoms with Crippen LogP contribution in [0, 0.1) is 6.92 Å². The number of ketones is 1. The van der Waals surface area contributed by atoms with Crippen LogP contribution in [0.15, 0.2) is 53.1 Å². The van der Waals surface area contributed by atoms with Crippen molar-refractivity contribution in [2.24, 2.45) is 0 Å². The van der Waals surface area contributed by atoms with E-state index in [1.54, 1.807) is 25.3 Å². The third-order valence-electron chi connectivity index (χ3n) is 3.43. The Balaban J connectivity index is 1.72. The van der Waals surface area contributed by atoms with Crippen LogP contribution in [0.4, 0.5) is 17.5 Å². The van der Waals surface area contributed by atoms with Crippen molar-refractivity contribution >= 4 is 23.2 Å². The van der Waals surface area contributed by atoms with E-state index >= 15 is 0 Å². The summed E-state index contributed by atoms with van der Waals surface area (Å²) >= 11 is 0. The zero-order valence-corrected chi connectivity index (χ0v) is 13.5. The van der Waals surface area contributed by atoms with Crippen molar-refractivity contribution in [2.75, 3.05) is 10.6 Å². The maximum absolute atomic E-state index is 11.3. The first-order valence-corrected chi connectivity index (χ1v) is 7.60. The molecule has 0 atom stereocenters. The van der Waals surface area contributed by atoms with Crippen LogP contribution in [0.25, 0.3) is 0 Å². The largest absolute Gasteiger partial charge is 0.467 e. The molecule has 24 heavy (non-hydrogen) atoms. The van der Waals surface area contributed by atoms with Gasteiger partial charge >= 0.3 is 0 Å². The van der Waals surface area contributed by atoms with Gasteiger partial charge in [-0.05, 0) is 50.2 Å². The molecule has 0 aliphatic rings. The second kappa shape index (κ2) is 6.95. The number of nitrogens with zero attached hydrogens (tertiary/aromatic N) is 2. The summed E-state index contributed by atoms with van der Waals surface area (Å²) in [5.41, 5.74) is 2.34. The molecule has 0 aliphatic heterocycles. The third-order valence-corrected chi connectivity index (χ3v) is 3.43. The number of nitrogens with one attached hydrogen (secondary N) is 2. The number of aryl methyl sites for hydroxylation is 1. The molecule has 0 spiro atoms. The third kappa shape index (κ3) is 3.98. The lowest BCUT2D eigenvalue weighted by Crippen LogP contribution is -2.05. The van der Waals surface area contributed by atoms with E-state index in [0.29, 0.717) is 23.9 Å². The summed E-state index contributed by atoms with van der Waals surface area (Å²) in [5.74, 6) is 2.08. The molecule has 3 rings (SSSR count). The normalized spacial score (nSPS) is 10.4. The number of hydrogen-bond acceptors (Lipinski definition) is 6. The van der Waals surface area contributed by atoms with Gasteiger partial charge in [-0.2, -0.15) is 4.98 Å². The zero-order valence-electron chi connectivity index (χ0n) is 13.5. The lowest BCUT2D eigenvalue weighted by Gasteiger charge is -2.09. The predicted molar refractivity (Wildman–Crippen MR) is 92.5 cm³/mol. The second-order valence-electron chi connectivity index (χ2n) is 5.41. The van der Waals surface area contributed by atoms with Gasteiger partial charge in [-0.25, -0.2) is 4.98 Å². The van der Waals surface area contributed by atoms with Crippen LogP contribution in [-0.4, -0.2) is 15.8 Å². The standard InChI is InChI=1S/C18H18N4O2/c1-12-10-17(19-11-16-4-3-9-24-16)22-18(20-12)21-15-7-5-14(6-8-15)13(2)23/h3-10H,11H2,1-2H3,(H2,19,20,21,22). The van der Waals surface area contributed by atoms with Crippen LogP contribution in [0.5, 0.6) is 0 Å². The molecule has 0 saturated heterocycles. The van der Waals surface area contributed by atoms with Gasteiger partial charge in [0.05, 0.1) is 12.8 Å². The Hall–Kier alpha value is -3.15. The maximum Gasteiger partial charge on any atom is 0.229 e. The number of benzene rings is 1. The summed E-state index contributed by atoms with van der Waals surface area (Å²) in [6.45, 7) is 4.00. The van der Waals surface area contributed by atoms with Crippen molar-refractivity contribution < 1.29 is 9.21 Å². The quantitative estimate of drug-likeness (QED) is 0.669. The lowest BCUT2D eigenvalue weighted by atomic mass is 10.1. The Morgan fingerprint density at radius 1 is 1.17 bits per heavy atom. The monoisotopic (exact) mass is 322 g/mol. The van der Waals surface area contributed by atoms with E-state index in [-0.39, 0.29) is 5.78 Å². The van der Waals surface area contributed by atoms with Crippen molar-refractivity contribution in [2.45, 2.75) is 20.4 Å². The molecule has 2 heterocycles. The first kappa shape index (κ1) is 15.7. The van der Waals surface area contributed by atoms with Gasteiger partial charge in [0.25, 0.3) is 0 Å². The Morgan fingerprint density at radius 3 is 2.62 bits per heavy atom. The fourth-order valence-corrected chi connectivity index (χ4v) is 2.22. The minimum Gasteiger partial charge on any atom is -0.467 e. The van der Waals surface area contributed by atoms with E-state index in [0.717, 1.165) is 17.1 Å². The molecule has 6 heteroatoms. The van der Waals surface area contributed by atoms with E-state index in [2.05, 4.69) is 20.6 Å². The summed E-state index contributed by atoms with van der Waals surface area (Å²) in [4.78, 5) is 20.1. The number of hydrogen-bond donors (Lipinski definition) is 2. The highest BCUT2D eigenvalue weighted by molar-refractivity contribution is 5.94. The maximum atomic E-state index is 11.3. The molecule has 0 saturated carbocycles. The molecule has 3 aromatic rings. The SMILES string of the molecule is CC(=O)c1ccc(Nc2nc(C)cc(NCc3ccco3)n2)cc1. The first-order chi connectivity index (χ1) is 11.6. The minimum atomic E-state index is 0.0396.